The zero-order chi connectivity index (χ0) is 24.4. The summed E-state index contributed by atoms with van der Waals surface area (Å²) < 4.78 is 20.4. The van der Waals surface area contributed by atoms with Crippen LogP contribution in [0.4, 0.5) is 10.2 Å². The van der Waals surface area contributed by atoms with Gasteiger partial charge in [-0.2, -0.15) is 0 Å². The molecule has 4 rings (SSSR count). The summed E-state index contributed by atoms with van der Waals surface area (Å²) in [6, 6.07) is 6.17. The monoisotopic (exact) mass is 462 g/mol. The van der Waals surface area contributed by atoms with Gasteiger partial charge in [-0.3, -0.25) is 5.41 Å². The van der Waals surface area contributed by atoms with Crippen LogP contribution in [-0.4, -0.2) is 30.0 Å². The Morgan fingerprint density at radius 3 is 2.76 bits per heavy atom. The summed E-state index contributed by atoms with van der Waals surface area (Å²) in [5.41, 5.74) is 10.9. The molecule has 1 aromatic carbocycles. The summed E-state index contributed by atoms with van der Waals surface area (Å²) in [6.45, 7) is 4.35. The van der Waals surface area contributed by atoms with E-state index in [1.54, 1.807) is 39.4 Å². The first-order valence-corrected chi connectivity index (χ1v) is 11.5. The van der Waals surface area contributed by atoms with Crippen molar-refractivity contribution in [2.75, 3.05) is 19.3 Å². The first kappa shape index (κ1) is 23.5. The number of nitrogens with one attached hydrogen (secondary N) is 4. The second-order valence-electron chi connectivity index (χ2n) is 8.91. The van der Waals surface area contributed by atoms with Gasteiger partial charge in [0.05, 0.1) is 5.71 Å². The lowest BCUT2D eigenvalue weighted by atomic mass is 9.89. The van der Waals surface area contributed by atoms with Crippen molar-refractivity contribution in [2.24, 2.45) is 5.92 Å². The van der Waals surface area contributed by atoms with E-state index in [1.807, 2.05) is 6.07 Å². The third-order valence-corrected chi connectivity index (χ3v) is 6.22. The maximum atomic E-state index is 14.2. The van der Waals surface area contributed by atoms with Crippen molar-refractivity contribution in [1.29, 1.82) is 10.8 Å². The second kappa shape index (κ2) is 9.67. The van der Waals surface area contributed by atoms with Crippen molar-refractivity contribution in [2.45, 2.75) is 39.2 Å². The normalized spacial score (nSPS) is 21.7. The van der Waals surface area contributed by atoms with Crippen LogP contribution in [0.15, 0.2) is 47.8 Å². The number of pyridine rings is 1. The predicted octanol–water partition coefficient (Wildman–Crippen LogP) is 4.57. The molecule has 1 aliphatic carbocycles. The molecular formula is C26H31FN6O. The van der Waals surface area contributed by atoms with E-state index in [2.05, 4.69) is 15.6 Å². The Kier molecular flexibility index (Phi) is 6.68. The van der Waals surface area contributed by atoms with E-state index < -0.39 is 11.9 Å². The second-order valence-corrected chi connectivity index (χ2v) is 8.91. The highest BCUT2D eigenvalue weighted by Crippen LogP contribution is 2.35. The minimum Gasteiger partial charge on any atom is -0.482 e. The van der Waals surface area contributed by atoms with Crippen molar-refractivity contribution in [3.05, 3.63) is 70.3 Å². The van der Waals surface area contributed by atoms with Gasteiger partial charge in [0.1, 0.15) is 11.9 Å². The van der Waals surface area contributed by atoms with Gasteiger partial charge >= 0.3 is 0 Å². The molecule has 0 radical (unpaired) electrons. The topological polar surface area (TPSA) is 120 Å². The molecule has 1 saturated carbocycles. The van der Waals surface area contributed by atoms with Crippen LogP contribution >= 0.6 is 0 Å². The van der Waals surface area contributed by atoms with Crippen LogP contribution in [0.25, 0.3) is 5.70 Å². The van der Waals surface area contributed by atoms with Crippen LogP contribution in [0.5, 0.6) is 5.75 Å². The van der Waals surface area contributed by atoms with E-state index in [1.165, 1.54) is 25.0 Å². The van der Waals surface area contributed by atoms with E-state index in [-0.39, 0.29) is 11.5 Å². The fourth-order valence-electron chi connectivity index (χ4n) is 4.15. The molecule has 1 atom stereocenters. The van der Waals surface area contributed by atoms with Crippen LogP contribution in [0.1, 0.15) is 55.9 Å². The summed E-state index contributed by atoms with van der Waals surface area (Å²) in [5, 5.41) is 24.2. The Hall–Kier alpha value is -3.68. The maximum absolute atomic E-state index is 14.2. The van der Waals surface area contributed by atoms with E-state index in [4.69, 9.17) is 21.3 Å². The number of rotatable bonds is 5. The van der Waals surface area contributed by atoms with Gasteiger partial charge in [-0.05, 0) is 62.4 Å². The highest BCUT2D eigenvalue weighted by molar-refractivity contribution is 6.13. The molecule has 2 aliphatic rings. The number of ether oxygens (including phenoxy) is 1. The number of nitrogen functional groups attached to an aromatic ring is 1. The quantitative estimate of drug-likeness (QED) is 0.417. The Balaban J connectivity index is 1.95. The van der Waals surface area contributed by atoms with Gasteiger partial charge in [0.15, 0.2) is 11.6 Å². The van der Waals surface area contributed by atoms with E-state index in [0.29, 0.717) is 40.5 Å². The largest absolute Gasteiger partial charge is 0.482 e. The molecule has 0 spiro atoms. The number of nitrogens with two attached hydrogens (primary N) is 1. The van der Waals surface area contributed by atoms with E-state index in [9.17, 15) is 4.39 Å². The number of hydrogen-bond acceptors (Lipinski definition) is 7. The number of nitrogens with zero attached hydrogens (tertiary/aromatic N) is 1. The molecule has 0 amide bonds. The fourth-order valence-corrected chi connectivity index (χ4v) is 4.15. The van der Waals surface area contributed by atoms with Gasteiger partial charge in [-0.25, -0.2) is 9.37 Å². The zero-order valence-electron chi connectivity index (χ0n) is 19.8. The molecule has 1 aromatic heterocycles. The molecule has 1 fully saturated rings. The predicted molar refractivity (Wildman–Crippen MR) is 134 cm³/mol. The highest BCUT2D eigenvalue weighted by Gasteiger charge is 2.26. The van der Waals surface area contributed by atoms with Crippen LogP contribution in [0.2, 0.25) is 0 Å². The average molecular weight is 463 g/mol. The molecule has 8 heteroatoms. The first-order chi connectivity index (χ1) is 16.3. The summed E-state index contributed by atoms with van der Waals surface area (Å²) in [4.78, 5) is 4.36. The molecule has 7 nitrogen and oxygen atoms in total. The van der Waals surface area contributed by atoms with Gasteiger partial charge in [-0.1, -0.05) is 0 Å². The summed E-state index contributed by atoms with van der Waals surface area (Å²) in [7, 11) is 1.77. The number of allylic oxidation sites excluding steroid dienone is 2. The summed E-state index contributed by atoms with van der Waals surface area (Å²) >= 11 is 0. The smallest absolute Gasteiger partial charge is 0.166 e. The van der Waals surface area contributed by atoms with Gasteiger partial charge in [-0.15, -0.1) is 0 Å². The molecule has 1 aliphatic heterocycles. The standard InChI is InChI=1S/C26H31FN6O/c1-14(28)21-8-17(12-31-3)24(29)20-7-6-19(27)10-22(20)15(2)34-23-9-18(13-33-26(23)30)25(21)32-11-16-4-5-16/h6-7,9-10,12-13,15-16,28-29,31-32H,4-5,8,11H2,1-3H3,(H2,30,33)/b17-12-,25-21-,28-14?,29-24?/t15-/m1/s1. The summed E-state index contributed by atoms with van der Waals surface area (Å²) in [6.07, 6.45) is 5.59. The summed E-state index contributed by atoms with van der Waals surface area (Å²) in [5.74, 6) is 0.818. The number of halogens is 1. The van der Waals surface area contributed by atoms with Crippen LogP contribution in [-0.2, 0) is 0 Å². The van der Waals surface area contributed by atoms with E-state index in [0.717, 1.165) is 23.4 Å². The van der Waals surface area contributed by atoms with Crippen molar-refractivity contribution in [3.8, 4) is 5.75 Å². The first-order valence-electron chi connectivity index (χ1n) is 11.5. The van der Waals surface area contributed by atoms with E-state index >= 15 is 0 Å². The molecule has 0 unspecified atom stereocenters. The molecule has 178 valence electrons. The van der Waals surface area contributed by atoms with Gasteiger partial charge in [0.25, 0.3) is 0 Å². The lowest BCUT2D eigenvalue weighted by Crippen LogP contribution is -2.22. The van der Waals surface area contributed by atoms with Crippen LogP contribution in [0, 0.1) is 22.6 Å². The molecule has 6 N–H and O–H groups in total. The number of aromatic nitrogens is 1. The van der Waals surface area contributed by atoms with Crippen molar-refractivity contribution >= 4 is 22.9 Å². The highest BCUT2D eigenvalue weighted by atomic mass is 19.1. The zero-order valence-corrected chi connectivity index (χ0v) is 19.8. The SMILES string of the molecule is CN/C=C1/C/C(C(C)=N)=C(/NCC2CC2)c2cnc(N)c(c2)O[C@H](C)c2cc(F)ccc2C1=N. The maximum Gasteiger partial charge on any atom is 0.166 e. The Morgan fingerprint density at radius 2 is 2.09 bits per heavy atom. The lowest BCUT2D eigenvalue weighted by Gasteiger charge is -2.24. The number of hydrogen-bond donors (Lipinski definition) is 5. The fraction of sp³-hybridized carbons (Fsp3) is 0.346. The van der Waals surface area contributed by atoms with Crippen LogP contribution in [0.3, 0.4) is 0 Å². The Labute approximate surface area is 199 Å². The van der Waals surface area contributed by atoms with Crippen molar-refractivity contribution in [3.63, 3.8) is 0 Å². The number of fused-ring (bicyclic) bond motifs is 3. The average Bonchev–Trinajstić information content (AvgIpc) is 3.63. The molecule has 0 saturated heterocycles. The third kappa shape index (κ3) is 4.95. The minimum atomic E-state index is -0.573. The van der Waals surface area contributed by atoms with Gasteiger partial charge in [0.2, 0.25) is 0 Å². The van der Waals surface area contributed by atoms with Crippen molar-refractivity contribution < 1.29 is 9.13 Å². The molecule has 2 aromatic rings. The number of benzene rings is 1. The molecule has 2 bridgehead atoms. The third-order valence-electron chi connectivity index (χ3n) is 6.22. The van der Waals surface area contributed by atoms with Crippen molar-refractivity contribution in [1.82, 2.24) is 15.6 Å². The lowest BCUT2D eigenvalue weighted by molar-refractivity contribution is 0.227. The minimum absolute atomic E-state index is 0.228. The van der Waals surface area contributed by atoms with Crippen LogP contribution < -0.4 is 21.1 Å². The Morgan fingerprint density at radius 1 is 1.32 bits per heavy atom. The van der Waals surface area contributed by atoms with Gasteiger partial charge < -0.3 is 26.5 Å². The Bertz CT molecular complexity index is 1200. The molecule has 34 heavy (non-hydrogen) atoms. The molecule has 2 heterocycles. The van der Waals surface area contributed by atoms with Gasteiger partial charge in [0, 0.05) is 66.1 Å². The number of anilines is 1. The molecular weight excluding hydrogens is 431 g/mol.